The maximum atomic E-state index is 13.5. The van der Waals surface area contributed by atoms with Gasteiger partial charge in [-0.15, -0.1) is 11.3 Å². The van der Waals surface area contributed by atoms with Gasteiger partial charge in [0.2, 0.25) is 11.8 Å². The molecule has 3 aromatic heterocycles. The van der Waals surface area contributed by atoms with Gasteiger partial charge in [-0.25, -0.2) is 18.2 Å². The first-order valence-electron chi connectivity index (χ1n) is 19.8. The molecule has 1 unspecified atom stereocenters. The summed E-state index contributed by atoms with van der Waals surface area (Å²) >= 11 is 1.57. The van der Waals surface area contributed by atoms with Gasteiger partial charge in [0.15, 0.2) is 9.84 Å². The van der Waals surface area contributed by atoms with Crippen molar-refractivity contribution in [3.05, 3.63) is 82.4 Å². The number of imidazole rings is 1. The molecule has 1 fully saturated rings. The molecular formula is C42H48N6O9S2. The minimum Gasteiger partial charge on any atom is -0.490 e. The number of sulfone groups is 1. The topological polar surface area (TPSA) is 182 Å². The number of nitrogens with zero attached hydrogens (tertiary/aromatic N) is 4. The van der Waals surface area contributed by atoms with Crippen LogP contribution in [0.25, 0.3) is 32.2 Å². The first-order chi connectivity index (χ1) is 28.6. The number of carbonyl (C=O) groups excluding carboxylic acids is 2. The molecule has 0 aliphatic carbocycles. The van der Waals surface area contributed by atoms with Crippen LogP contribution in [0.15, 0.2) is 76.0 Å². The zero-order chi connectivity index (χ0) is 41.4. The fourth-order valence-corrected chi connectivity index (χ4v) is 9.49. The summed E-state index contributed by atoms with van der Waals surface area (Å²) in [4.78, 5) is 46.4. The Morgan fingerprint density at radius 3 is 2.46 bits per heavy atom. The fraction of sp³-hybridized carbons (Fsp3) is 0.405. The van der Waals surface area contributed by atoms with E-state index in [1.165, 1.54) is 4.57 Å². The molecule has 1 saturated heterocycles. The number of ether oxygens (including phenoxy) is 4. The first-order valence-corrected chi connectivity index (χ1v) is 22.3. The van der Waals surface area contributed by atoms with Crippen LogP contribution in [0.1, 0.15) is 50.6 Å². The Morgan fingerprint density at radius 2 is 1.68 bits per heavy atom. The highest BCUT2D eigenvalue weighted by atomic mass is 32.2. The lowest BCUT2D eigenvalue weighted by atomic mass is 10.0. The first kappa shape index (κ1) is 41.9. The summed E-state index contributed by atoms with van der Waals surface area (Å²) in [7, 11) is -1.95. The number of hydrogen-bond acceptors (Lipinski definition) is 13. The zero-order valence-electron chi connectivity index (χ0n) is 33.1. The molecule has 3 aromatic carbocycles. The van der Waals surface area contributed by atoms with Crippen molar-refractivity contribution in [2.75, 3.05) is 57.3 Å². The van der Waals surface area contributed by atoms with E-state index in [1.54, 1.807) is 46.8 Å². The molecule has 0 radical (unpaired) electrons. The SMILES string of the molecule is CCCCS(=O)(=O)c1cc2c(Nc3ccc4scnc4c3)ccnc2cc1OCCOCCOCCOCCCc1cccc2c1n(C)c(=O)n2C1CCC(=O)NC1=O. The second kappa shape index (κ2) is 19.2. The molecule has 312 valence electrons. The van der Waals surface area contributed by atoms with Crippen molar-refractivity contribution >= 4 is 76.5 Å². The summed E-state index contributed by atoms with van der Waals surface area (Å²) in [6.07, 6.45) is 4.82. The molecule has 17 heteroatoms. The van der Waals surface area contributed by atoms with Gasteiger partial charge in [-0.05, 0) is 67.6 Å². The number of anilines is 2. The minimum absolute atomic E-state index is 0.00797. The average Bonchev–Trinajstić information content (AvgIpc) is 3.80. The molecule has 6 aromatic rings. The number of nitrogens with one attached hydrogen (secondary N) is 2. The number of amides is 2. The number of rotatable bonds is 21. The molecule has 59 heavy (non-hydrogen) atoms. The molecule has 2 amide bonds. The van der Waals surface area contributed by atoms with E-state index >= 15 is 0 Å². The van der Waals surface area contributed by atoms with Gasteiger partial charge in [-0.2, -0.15) is 0 Å². The number of fused-ring (bicyclic) bond motifs is 3. The Kier molecular flexibility index (Phi) is 13.7. The molecule has 0 spiro atoms. The Hall–Kier alpha value is -5.20. The number of imide groups is 1. The maximum absolute atomic E-state index is 13.5. The number of para-hydroxylation sites is 1. The van der Waals surface area contributed by atoms with Gasteiger partial charge in [0.25, 0.3) is 0 Å². The number of aryl methyl sites for hydroxylation is 2. The number of pyridine rings is 1. The fourth-order valence-electron chi connectivity index (χ4n) is 7.22. The van der Waals surface area contributed by atoms with Crippen molar-refractivity contribution in [1.82, 2.24) is 24.4 Å². The number of carbonyl (C=O) groups is 2. The molecule has 0 bridgehead atoms. The molecule has 1 aliphatic rings. The van der Waals surface area contributed by atoms with Crippen LogP contribution >= 0.6 is 11.3 Å². The van der Waals surface area contributed by atoms with Crippen molar-refractivity contribution in [1.29, 1.82) is 0 Å². The van der Waals surface area contributed by atoms with Crippen LogP contribution < -0.4 is 21.1 Å². The molecule has 7 rings (SSSR count). The standard InChI is InChI=1S/C42H48N6O9S2/c1-3-4-23-59(52,53)38-25-30-31(45-29-10-12-37-33(24-29)44-27-58-37)14-15-43-32(30)26-36(38)57-22-21-56-20-19-55-18-17-54-16-6-8-28-7-5-9-34-40(28)47(2)42(51)48(34)35-11-13-39(49)46-41(35)50/h5,7,9-10,12,14-15,24-27,35H,3-4,6,8,11,13,16-23H2,1-2H3,(H,43,45)(H,46,49,50). The molecule has 4 heterocycles. The monoisotopic (exact) mass is 844 g/mol. The van der Waals surface area contributed by atoms with Crippen molar-refractivity contribution in [3.63, 3.8) is 0 Å². The summed E-state index contributed by atoms with van der Waals surface area (Å²) in [5.41, 5.74) is 6.96. The number of piperidine rings is 1. The number of unbranched alkanes of at least 4 members (excludes halogenated alkanes) is 1. The summed E-state index contributed by atoms with van der Waals surface area (Å²) in [5, 5.41) is 6.42. The summed E-state index contributed by atoms with van der Waals surface area (Å²) < 4.78 is 54.4. The lowest BCUT2D eigenvalue weighted by Crippen LogP contribution is -2.44. The van der Waals surface area contributed by atoms with E-state index in [0.29, 0.717) is 62.3 Å². The smallest absolute Gasteiger partial charge is 0.329 e. The zero-order valence-corrected chi connectivity index (χ0v) is 34.7. The van der Waals surface area contributed by atoms with E-state index in [0.717, 1.165) is 45.5 Å². The minimum atomic E-state index is -3.65. The van der Waals surface area contributed by atoms with Crippen LogP contribution in [0.4, 0.5) is 11.4 Å². The van der Waals surface area contributed by atoms with Crippen molar-refractivity contribution in [2.24, 2.45) is 7.05 Å². The van der Waals surface area contributed by atoms with Crippen LogP contribution in [0.2, 0.25) is 0 Å². The third-order valence-electron chi connectivity index (χ3n) is 10.2. The second-order valence-electron chi connectivity index (χ2n) is 14.3. The number of benzene rings is 3. The van der Waals surface area contributed by atoms with Crippen LogP contribution in [0.3, 0.4) is 0 Å². The van der Waals surface area contributed by atoms with Gasteiger partial charge in [0.1, 0.15) is 23.3 Å². The quantitative estimate of drug-likeness (QED) is 0.0652. The predicted molar refractivity (Wildman–Crippen MR) is 226 cm³/mol. The van der Waals surface area contributed by atoms with E-state index < -0.39 is 21.8 Å². The van der Waals surface area contributed by atoms with Crippen LogP contribution in [-0.2, 0) is 47.1 Å². The van der Waals surface area contributed by atoms with Gasteiger partial charge >= 0.3 is 5.69 Å². The normalized spacial score (nSPS) is 14.7. The van der Waals surface area contributed by atoms with Gasteiger partial charge in [-0.3, -0.25) is 29.0 Å². The predicted octanol–water partition coefficient (Wildman–Crippen LogP) is 5.85. The van der Waals surface area contributed by atoms with Crippen LogP contribution in [0, 0.1) is 0 Å². The number of hydrogen-bond donors (Lipinski definition) is 2. The molecule has 0 saturated carbocycles. The molecule has 1 atom stereocenters. The Morgan fingerprint density at radius 1 is 0.898 bits per heavy atom. The number of aromatic nitrogens is 4. The van der Waals surface area contributed by atoms with Crippen LogP contribution in [-0.4, -0.2) is 91.3 Å². The third kappa shape index (κ3) is 9.82. The largest absolute Gasteiger partial charge is 0.490 e. The highest BCUT2D eigenvalue weighted by molar-refractivity contribution is 7.91. The van der Waals surface area contributed by atoms with Gasteiger partial charge in [0, 0.05) is 49.1 Å². The summed E-state index contributed by atoms with van der Waals surface area (Å²) in [6.45, 7) is 4.29. The lowest BCUT2D eigenvalue weighted by molar-refractivity contribution is -0.135. The van der Waals surface area contributed by atoms with E-state index in [4.69, 9.17) is 18.9 Å². The Balaban J connectivity index is 0.844. The van der Waals surface area contributed by atoms with Gasteiger partial charge < -0.3 is 24.3 Å². The van der Waals surface area contributed by atoms with E-state index in [2.05, 4.69) is 20.6 Å². The molecule has 15 nitrogen and oxygen atoms in total. The van der Waals surface area contributed by atoms with Crippen molar-refractivity contribution in [3.8, 4) is 5.75 Å². The highest BCUT2D eigenvalue weighted by Gasteiger charge is 2.31. The highest BCUT2D eigenvalue weighted by Crippen LogP contribution is 2.35. The van der Waals surface area contributed by atoms with E-state index in [-0.39, 0.29) is 54.1 Å². The molecule has 1 aliphatic heterocycles. The van der Waals surface area contributed by atoms with E-state index in [1.807, 2.05) is 49.4 Å². The lowest BCUT2D eigenvalue weighted by Gasteiger charge is -2.21. The van der Waals surface area contributed by atoms with Crippen molar-refractivity contribution in [2.45, 2.75) is 56.4 Å². The van der Waals surface area contributed by atoms with Gasteiger partial charge in [-0.1, -0.05) is 25.5 Å². The van der Waals surface area contributed by atoms with Crippen molar-refractivity contribution < 1.29 is 37.0 Å². The van der Waals surface area contributed by atoms with Crippen LogP contribution in [0.5, 0.6) is 5.75 Å². The Bertz CT molecular complexity index is 2620. The Labute approximate surface area is 345 Å². The average molecular weight is 845 g/mol. The maximum Gasteiger partial charge on any atom is 0.329 e. The van der Waals surface area contributed by atoms with E-state index in [9.17, 15) is 22.8 Å². The third-order valence-corrected chi connectivity index (χ3v) is 12.8. The summed E-state index contributed by atoms with van der Waals surface area (Å²) in [6, 6.07) is 16.0. The van der Waals surface area contributed by atoms with Gasteiger partial charge in [0.05, 0.1) is 71.1 Å². The number of thiazole rings is 1. The second-order valence-corrected chi connectivity index (χ2v) is 17.2. The molecule has 2 N–H and O–H groups in total. The molecular weight excluding hydrogens is 797 g/mol. The summed E-state index contributed by atoms with van der Waals surface area (Å²) in [5.74, 6) is -0.529.